The minimum atomic E-state index is -1.34. The van der Waals surface area contributed by atoms with Crippen LogP contribution in [0.3, 0.4) is 0 Å². The van der Waals surface area contributed by atoms with Gasteiger partial charge in [0.1, 0.15) is 5.75 Å². The third kappa shape index (κ3) is 1.93. The Labute approximate surface area is 91.4 Å². The smallest absolute Gasteiger partial charge is 0.168 e. The van der Waals surface area contributed by atoms with E-state index in [4.69, 9.17) is 33.2 Å². The van der Waals surface area contributed by atoms with E-state index >= 15 is 0 Å². The van der Waals surface area contributed by atoms with E-state index in [9.17, 15) is 5.11 Å². The first kappa shape index (κ1) is 11.1. The number of nitriles is 1. The van der Waals surface area contributed by atoms with Crippen molar-refractivity contribution in [3.63, 3.8) is 0 Å². The third-order valence-electron chi connectivity index (χ3n) is 1.71. The van der Waals surface area contributed by atoms with Gasteiger partial charge in [-0.1, -0.05) is 23.2 Å². The molecule has 0 aliphatic carbocycles. The van der Waals surface area contributed by atoms with E-state index < -0.39 is 6.10 Å². The molecule has 5 heteroatoms. The summed E-state index contributed by atoms with van der Waals surface area (Å²) < 4.78 is 4.92. The molecule has 1 N–H and O–H groups in total. The normalized spacial score (nSPS) is 11.9. The molecule has 0 radical (unpaired) electrons. The van der Waals surface area contributed by atoms with Gasteiger partial charge in [-0.25, -0.2) is 0 Å². The molecule has 0 saturated carbocycles. The Morgan fingerprint density at radius 1 is 1.50 bits per heavy atom. The van der Waals surface area contributed by atoms with Crippen LogP contribution in [0, 0.1) is 11.3 Å². The number of benzene rings is 1. The van der Waals surface area contributed by atoms with Crippen molar-refractivity contribution < 1.29 is 9.84 Å². The molecule has 1 atom stereocenters. The maximum Gasteiger partial charge on any atom is 0.168 e. The molecule has 3 nitrogen and oxygen atoms in total. The maximum atomic E-state index is 9.33. The second-order valence-corrected chi connectivity index (χ2v) is 3.29. The largest absolute Gasteiger partial charge is 0.495 e. The van der Waals surface area contributed by atoms with Gasteiger partial charge >= 0.3 is 0 Å². The van der Waals surface area contributed by atoms with Gasteiger partial charge in [0.15, 0.2) is 6.10 Å². The van der Waals surface area contributed by atoms with Crippen LogP contribution >= 0.6 is 23.2 Å². The van der Waals surface area contributed by atoms with E-state index in [1.165, 1.54) is 13.2 Å². The maximum absolute atomic E-state index is 9.33. The lowest BCUT2D eigenvalue weighted by molar-refractivity contribution is 0.235. The van der Waals surface area contributed by atoms with E-state index in [-0.39, 0.29) is 15.6 Å². The quantitative estimate of drug-likeness (QED) is 0.797. The first-order valence-electron chi connectivity index (χ1n) is 3.71. The fourth-order valence-electron chi connectivity index (χ4n) is 1.02. The molecule has 0 fully saturated rings. The number of hydrogen-bond donors (Lipinski definition) is 1. The highest BCUT2D eigenvalue weighted by Crippen LogP contribution is 2.36. The Bertz CT molecular complexity index is 387. The average Bonchev–Trinajstić information content (AvgIpc) is 2.18. The van der Waals surface area contributed by atoms with Gasteiger partial charge in [0.2, 0.25) is 0 Å². The zero-order chi connectivity index (χ0) is 10.7. The van der Waals surface area contributed by atoms with Crippen LogP contribution in [0.2, 0.25) is 10.0 Å². The van der Waals surface area contributed by atoms with Crippen molar-refractivity contribution in [3.05, 3.63) is 27.7 Å². The topological polar surface area (TPSA) is 53.2 Å². The van der Waals surface area contributed by atoms with Crippen LogP contribution in [0.15, 0.2) is 12.1 Å². The van der Waals surface area contributed by atoms with Crippen LogP contribution < -0.4 is 4.74 Å². The van der Waals surface area contributed by atoms with Crippen molar-refractivity contribution in [1.82, 2.24) is 0 Å². The van der Waals surface area contributed by atoms with Crippen molar-refractivity contribution >= 4 is 23.2 Å². The minimum Gasteiger partial charge on any atom is -0.495 e. The summed E-state index contributed by atoms with van der Waals surface area (Å²) in [5.41, 5.74) is 0.176. The van der Waals surface area contributed by atoms with Crippen LogP contribution in [-0.4, -0.2) is 12.2 Å². The molecule has 0 amide bonds. The van der Waals surface area contributed by atoms with Crippen LogP contribution in [-0.2, 0) is 0 Å². The van der Waals surface area contributed by atoms with E-state index in [0.717, 1.165) is 0 Å². The van der Waals surface area contributed by atoms with Gasteiger partial charge in [-0.05, 0) is 12.1 Å². The monoisotopic (exact) mass is 231 g/mol. The standard InChI is InChI=1S/C9H7Cl2NO2/c1-14-7-3-2-5(10)8(9(7)11)6(13)4-12/h2-3,6,13H,1H3. The minimum absolute atomic E-state index is 0.161. The van der Waals surface area contributed by atoms with E-state index in [0.29, 0.717) is 5.75 Å². The predicted molar refractivity (Wildman–Crippen MR) is 53.6 cm³/mol. The second-order valence-electron chi connectivity index (χ2n) is 2.51. The van der Waals surface area contributed by atoms with Crippen LogP contribution in [0.5, 0.6) is 5.75 Å². The Kier molecular flexibility index (Phi) is 3.59. The molecule has 1 rings (SSSR count). The summed E-state index contributed by atoms with van der Waals surface area (Å²) in [7, 11) is 1.44. The van der Waals surface area contributed by atoms with Gasteiger partial charge in [0.25, 0.3) is 0 Å². The number of rotatable bonds is 2. The molecule has 0 spiro atoms. The third-order valence-corrected chi connectivity index (χ3v) is 2.43. The lowest BCUT2D eigenvalue weighted by Gasteiger charge is -2.10. The van der Waals surface area contributed by atoms with Gasteiger partial charge in [-0.15, -0.1) is 0 Å². The molecule has 0 aliphatic rings. The van der Waals surface area contributed by atoms with Gasteiger partial charge < -0.3 is 9.84 Å². The summed E-state index contributed by atoms with van der Waals surface area (Å²) in [5, 5.41) is 18.3. The number of nitrogens with zero attached hydrogens (tertiary/aromatic N) is 1. The summed E-state index contributed by atoms with van der Waals surface area (Å²) in [4.78, 5) is 0. The van der Waals surface area contributed by atoms with E-state index in [1.54, 1.807) is 12.1 Å². The zero-order valence-corrected chi connectivity index (χ0v) is 8.80. The molecule has 14 heavy (non-hydrogen) atoms. The number of aliphatic hydroxyl groups is 1. The first-order valence-corrected chi connectivity index (χ1v) is 4.47. The van der Waals surface area contributed by atoms with Gasteiger partial charge in [0, 0.05) is 10.6 Å². The highest BCUT2D eigenvalue weighted by molar-refractivity contribution is 6.37. The number of methoxy groups -OCH3 is 1. The van der Waals surface area contributed by atoms with Gasteiger partial charge in [0.05, 0.1) is 18.2 Å². The van der Waals surface area contributed by atoms with Gasteiger partial charge in [-0.3, -0.25) is 0 Å². The average molecular weight is 232 g/mol. The fraction of sp³-hybridized carbons (Fsp3) is 0.222. The number of ether oxygens (including phenoxy) is 1. The summed E-state index contributed by atoms with van der Waals surface area (Å²) in [6, 6.07) is 4.73. The van der Waals surface area contributed by atoms with Gasteiger partial charge in [-0.2, -0.15) is 5.26 Å². The summed E-state index contributed by atoms with van der Waals surface area (Å²) >= 11 is 11.6. The molecule has 1 aromatic carbocycles. The van der Waals surface area contributed by atoms with Crippen molar-refractivity contribution in [2.24, 2.45) is 0 Å². The molecule has 0 heterocycles. The Morgan fingerprint density at radius 2 is 2.14 bits per heavy atom. The lowest BCUT2D eigenvalue weighted by Crippen LogP contribution is -1.97. The van der Waals surface area contributed by atoms with Crippen molar-refractivity contribution in [2.45, 2.75) is 6.10 Å². The summed E-state index contributed by atoms with van der Waals surface area (Å²) in [6.07, 6.45) is -1.34. The van der Waals surface area contributed by atoms with Crippen LogP contribution in [0.25, 0.3) is 0 Å². The zero-order valence-electron chi connectivity index (χ0n) is 7.29. The lowest BCUT2D eigenvalue weighted by atomic mass is 10.1. The number of aliphatic hydroxyl groups excluding tert-OH is 1. The molecule has 0 saturated heterocycles. The molecule has 0 aromatic heterocycles. The highest BCUT2D eigenvalue weighted by atomic mass is 35.5. The van der Waals surface area contributed by atoms with E-state index in [2.05, 4.69) is 0 Å². The van der Waals surface area contributed by atoms with Crippen LogP contribution in [0.4, 0.5) is 0 Å². The number of halogens is 2. The Morgan fingerprint density at radius 3 is 2.64 bits per heavy atom. The highest BCUT2D eigenvalue weighted by Gasteiger charge is 2.18. The molecule has 74 valence electrons. The molecule has 1 aromatic rings. The van der Waals surface area contributed by atoms with Crippen molar-refractivity contribution in [2.75, 3.05) is 7.11 Å². The molecule has 1 unspecified atom stereocenters. The molecule has 0 aliphatic heterocycles. The summed E-state index contributed by atoms with van der Waals surface area (Å²) in [5.74, 6) is 0.375. The predicted octanol–water partition coefficient (Wildman–Crippen LogP) is 2.56. The second kappa shape index (κ2) is 4.52. The first-order chi connectivity index (χ1) is 6.61. The number of hydrogen-bond acceptors (Lipinski definition) is 3. The van der Waals surface area contributed by atoms with Crippen LogP contribution in [0.1, 0.15) is 11.7 Å². The Balaban J connectivity index is 3.34. The fourth-order valence-corrected chi connectivity index (χ4v) is 1.68. The Hall–Kier alpha value is -0.950. The molecular weight excluding hydrogens is 225 g/mol. The van der Waals surface area contributed by atoms with E-state index in [1.807, 2.05) is 0 Å². The molecule has 0 bridgehead atoms. The SMILES string of the molecule is COc1ccc(Cl)c(C(O)C#N)c1Cl. The van der Waals surface area contributed by atoms with Crippen molar-refractivity contribution in [3.8, 4) is 11.8 Å². The molecular formula is C9H7Cl2NO2. The summed E-state index contributed by atoms with van der Waals surface area (Å²) in [6.45, 7) is 0. The van der Waals surface area contributed by atoms with Crippen molar-refractivity contribution in [1.29, 1.82) is 5.26 Å².